The summed E-state index contributed by atoms with van der Waals surface area (Å²) in [6.07, 6.45) is 3.46. The lowest BCUT2D eigenvalue weighted by Crippen LogP contribution is -2.14. The van der Waals surface area contributed by atoms with Gasteiger partial charge in [-0.2, -0.15) is 4.98 Å². The van der Waals surface area contributed by atoms with Gasteiger partial charge in [0.1, 0.15) is 5.76 Å². The molecule has 0 aromatic carbocycles. The number of furan rings is 1. The van der Waals surface area contributed by atoms with Gasteiger partial charge in [-0.15, -0.1) is 12.4 Å². The maximum Gasteiger partial charge on any atom is 0.226 e. The van der Waals surface area contributed by atoms with E-state index in [0.717, 1.165) is 31.7 Å². The van der Waals surface area contributed by atoms with Gasteiger partial charge in [-0.1, -0.05) is 5.16 Å². The lowest BCUT2D eigenvalue weighted by Gasteiger charge is -2.00. The summed E-state index contributed by atoms with van der Waals surface area (Å²) in [7, 11) is 0. The molecule has 94 valence electrons. The van der Waals surface area contributed by atoms with Crippen LogP contribution in [0, 0.1) is 6.92 Å². The minimum Gasteiger partial charge on any atom is -0.468 e. The molecule has 0 saturated heterocycles. The molecule has 0 fully saturated rings. The molecule has 2 aromatic heterocycles. The number of nitrogens with one attached hydrogen (secondary N) is 1. The molecule has 0 spiro atoms. The second kappa shape index (κ2) is 7.09. The third-order valence-electron chi connectivity index (χ3n) is 2.19. The molecule has 0 aliphatic rings. The quantitative estimate of drug-likeness (QED) is 0.803. The van der Waals surface area contributed by atoms with E-state index < -0.39 is 0 Å². The van der Waals surface area contributed by atoms with Crippen molar-refractivity contribution in [1.82, 2.24) is 15.5 Å². The van der Waals surface area contributed by atoms with E-state index in [1.807, 2.05) is 19.1 Å². The highest BCUT2D eigenvalue weighted by molar-refractivity contribution is 5.85. The summed E-state index contributed by atoms with van der Waals surface area (Å²) < 4.78 is 10.2. The molecule has 6 heteroatoms. The minimum atomic E-state index is 0. The van der Waals surface area contributed by atoms with Crippen molar-refractivity contribution in [1.29, 1.82) is 0 Å². The van der Waals surface area contributed by atoms with E-state index in [0.29, 0.717) is 11.7 Å². The van der Waals surface area contributed by atoms with Crippen molar-refractivity contribution in [3.63, 3.8) is 0 Å². The second-order valence-electron chi connectivity index (χ2n) is 3.60. The maximum absolute atomic E-state index is 5.20. The molecule has 1 N–H and O–H groups in total. The molecule has 0 aliphatic carbocycles. The van der Waals surface area contributed by atoms with Gasteiger partial charge in [0.2, 0.25) is 5.89 Å². The van der Waals surface area contributed by atoms with E-state index in [4.69, 9.17) is 8.94 Å². The molecule has 2 heterocycles. The minimum absolute atomic E-state index is 0. The summed E-state index contributed by atoms with van der Waals surface area (Å²) in [5, 5.41) is 7.02. The number of hydrogen-bond donors (Lipinski definition) is 1. The lowest BCUT2D eigenvalue weighted by atomic mass is 10.3. The Morgan fingerprint density at radius 3 is 2.94 bits per heavy atom. The van der Waals surface area contributed by atoms with Crippen molar-refractivity contribution in [2.45, 2.75) is 26.3 Å². The Kier molecular flexibility index (Phi) is 5.72. The first-order valence-corrected chi connectivity index (χ1v) is 5.37. The first-order valence-electron chi connectivity index (χ1n) is 5.37. The van der Waals surface area contributed by atoms with Crippen LogP contribution in [0.2, 0.25) is 0 Å². The average molecular weight is 258 g/mol. The van der Waals surface area contributed by atoms with E-state index in [1.54, 1.807) is 6.26 Å². The molecular formula is C11H16ClN3O2. The topological polar surface area (TPSA) is 64.1 Å². The smallest absolute Gasteiger partial charge is 0.226 e. The summed E-state index contributed by atoms with van der Waals surface area (Å²) in [6.45, 7) is 3.49. The van der Waals surface area contributed by atoms with Crippen LogP contribution in [-0.2, 0) is 13.0 Å². The predicted octanol–water partition coefficient (Wildman–Crippen LogP) is 2.12. The van der Waals surface area contributed by atoms with Gasteiger partial charge in [-0.3, -0.25) is 0 Å². The van der Waals surface area contributed by atoms with Gasteiger partial charge in [0.25, 0.3) is 0 Å². The molecule has 0 amide bonds. The molecule has 0 radical (unpaired) electrons. The molecule has 17 heavy (non-hydrogen) atoms. The van der Waals surface area contributed by atoms with Gasteiger partial charge in [0.05, 0.1) is 12.8 Å². The summed E-state index contributed by atoms with van der Waals surface area (Å²) >= 11 is 0. The zero-order valence-corrected chi connectivity index (χ0v) is 10.5. The molecule has 2 rings (SSSR count). The summed E-state index contributed by atoms with van der Waals surface area (Å²) in [5.74, 6) is 2.35. The number of hydrogen-bond acceptors (Lipinski definition) is 5. The normalized spacial score (nSPS) is 10.2. The molecule has 0 saturated carbocycles. The van der Waals surface area contributed by atoms with Crippen molar-refractivity contribution >= 4 is 12.4 Å². The highest BCUT2D eigenvalue weighted by atomic mass is 35.5. The van der Waals surface area contributed by atoms with Gasteiger partial charge in [0.15, 0.2) is 5.82 Å². The third-order valence-corrected chi connectivity index (χ3v) is 2.19. The van der Waals surface area contributed by atoms with E-state index >= 15 is 0 Å². The van der Waals surface area contributed by atoms with E-state index in [-0.39, 0.29) is 12.4 Å². The molecular weight excluding hydrogens is 242 g/mol. The van der Waals surface area contributed by atoms with Crippen LogP contribution in [0.1, 0.15) is 23.9 Å². The number of aromatic nitrogens is 2. The Morgan fingerprint density at radius 1 is 1.41 bits per heavy atom. The fourth-order valence-electron chi connectivity index (χ4n) is 1.43. The van der Waals surface area contributed by atoms with Crippen LogP contribution in [0.3, 0.4) is 0 Å². The standard InChI is InChI=1S/C11H15N3O2.ClH/c1-9-13-11(16-14-9)5-2-6-12-8-10-4-3-7-15-10;/h3-4,7,12H,2,5-6,8H2,1H3;1H. The Labute approximate surface area is 106 Å². The van der Waals surface area contributed by atoms with Crippen molar-refractivity contribution < 1.29 is 8.94 Å². The number of aryl methyl sites for hydroxylation is 2. The number of halogens is 1. The van der Waals surface area contributed by atoms with Gasteiger partial charge in [-0.05, 0) is 32.0 Å². The molecule has 5 nitrogen and oxygen atoms in total. The zero-order chi connectivity index (χ0) is 11.2. The van der Waals surface area contributed by atoms with Crippen LogP contribution < -0.4 is 5.32 Å². The van der Waals surface area contributed by atoms with E-state index in [1.165, 1.54) is 0 Å². The van der Waals surface area contributed by atoms with Crippen LogP contribution in [0.5, 0.6) is 0 Å². The molecule has 0 bridgehead atoms. The molecule has 0 aliphatic heterocycles. The van der Waals surface area contributed by atoms with Crippen LogP contribution in [-0.4, -0.2) is 16.7 Å². The fraction of sp³-hybridized carbons (Fsp3) is 0.455. The SMILES string of the molecule is Cc1noc(CCCNCc2ccco2)n1.Cl. The molecule has 0 unspecified atom stereocenters. The van der Waals surface area contributed by atoms with Gasteiger partial charge < -0.3 is 14.3 Å². The number of nitrogens with zero attached hydrogens (tertiary/aromatic N) is 2. The predicted molar refractivity (Wildman–Crippen MR) is 65.0 cm³/mol. The Morgan fingerprint density at radius 2 is 2.29 bits per heavy atom. The van der Waals surface area contributed by atoms with E-state index in [9.17, 15) is 0 Å². The Bertz CT molecular complexity index is 414. The van der Waals surface area contributed by atoms with Crippen molar-refractivity contribution in [2.24, 2.45) is 0 Å². The largest absolute Gasteiger partial charge is 0.468 e. The third kappa shape index (κ3) is 4.58. The highest BCUT2D eigenvalue weighted by Gasteiger charge is 2.01. The van der Waals surface area contributed by atoms with Gasteiger partial charge >= 0.3 is 0 Å². The van der Waals surface area contributed by atoms with Crippen molar-refractivity contribution in [2.75, 3.05) is 6.54 Å². The summed E-state index contributed by atoms with van der Waals surface area (Å²) in [5.41, 5.74) is 0. The van der Waals surface area contributed by atoms with Crippen LogP contribution in [0.25, 0.3) is 0 Å². The first kappa shape index (κ1) is 13.7. The second-order valence-corrected chi connectivity index (χ2v) is 3.60. The first-order chi connectivity index (χ1) is 7.84. The maximum atomic E-state index is 5.20. The average Bonchev–Trinajstić information content (AvgIpc) is 2.89. The monoisotopic (exact) mass is 257 g/mol. The summed E-state index contributed by atoms with van der Waals surface area (Å²) in [6, 6.07) is 3.84. The highest BCUT2D eigenvalue weighted by Crippen LogP contribution is 2.01. The van der Waals surface area contributed by atoms with Crippen molar-refractivity contribution in [3.05, 3.63) is 35.9 Å². The molecule has 2 aromatic rings. The van der Waals surface area contributed by atoms with E-state index in [2.05, 4.69) is 15.5 Å². The zero-order valence-electron chi connectivity index (χ0n) is 9.68. The summed E-state index contributed by atoms with van der Waals surface area (Å²) in [4.78, 5) is 4.13. The number of rotatable bonds is 6. The fourth-order valence-corrected chi connectivity index (χ4v) is 1.43. The van der Waals surface area contributed by atoms with Crippen molar-refractivity contribution in [3.8, 4) is 0 Å². The Hall–Kier alpha value is -1.33. The van der Waals surface area contributed by atoms with Crippen LogP contribution in [0.4, 0.5) is 0 Å². The Balaban J connectivity index is 0.00000144. The van der Waals surface area contributed by atoms with Gasteiger partial charge in [0, 0.05) is 6.42 Å². The van der Waals surface area contributed by atoms with Gasteiger partial charge in [-0.25, -0.2) is 0 Å². The van der Waals surface area contributed by atoms with Crippen LogP contribution >= 0.6 is 12.4 Å². The van der Waals surface area contributed by atoms with Crippen LogP contribution in [0.15, 0.2) is 27.3 Å². The molecule has 0 atom stereocenters. The lowest BCUT2D eigenvalue weighted by molar-refractivity contribution is 0.370.